The van der Waals surface area contributed by atoms with Crippen LogP contribution < -0.4 is 10.6 Å². The minimum atomic E-state index is -0.341. The van der Waals surface area contributed by atoms with Crippen LogP contribution in [-0.2, 0) is 0 Å². The van der Waals surface area contributed by atoms with Crippen molar-refractivity contribution < 1.29 is 4.39 Å². The van der Waals surface area contributed by atoms with E-state index >= 15 is 0 Å². The van der Waals surface area contributed by atoms with Crippen molar-refractivity contribution in [2.24, 2.45) is 0 Å². The van der Waals surface area contributed by atoms with Crippen molar-refractivity contribution >= 4 is 17.5 Å². The van der Waals surface area contributed by atoms with Crippen molar-refractivity contribution in [1.82, 2.24) is 15.2 Å². The normalized spacial score (nSPS) is 15.7. The van der Waals surface area contributed by atoms with Gasteiger partial charge in [0, 0.05) is 6.04 Å². The van der Waals surface area contributed by atoms with E-state index in [4.69, 9.17) is 0 Å². The van der Waals surface area contributed by atoms with Crippen molar-refractivity contribution in [1.29, 1.82) is 0 Å². The molecule has 1 aliphatic carbocycles. The first-order chi connectivity index (χ1) is 10.3. The maximum Gasteiger partial charge on any atom is 0.249 e. The Hall–Kier alpha value is -2.24. The van der Waals surface area contributed by atoms with E-state index in [0.717, 1.165) is 12.8 Å². The first kappa shape index (κ1) is 13.7. The Bertz CT molecular complexity index is 598. The molecule has 2 aromatic rings. The van der Waals surface area contributed by atoms with E-state index < -0.39 is 0 Å². The van der Waals surface area contributed by atoms with Crippen LogP contribution in [0.3, 0.4) is 0 Å². The number of rotatable bonds is 4. The van der Waals surface area contributed by atoms with Gasteiger partial charge in [0.2, 0.25) is 5.95 Å². The molecule has 6 heteroatoms. The molecule has 5 nitrogen and oxygen atoms in total. The predicted octanol–water partition coefficient (Wildman–Crippen LogP) is 3.50. The molecule has 0 aliphatic heterocycles. The molecule has 0 amide bonds. The number of hydrogen-bond donors (Lipinski definition) is 2. The highest BCUT2D eigenvalue weighted by Gasteiger charge is 2.14. The lowest BCUT2D eigenvalue weighted by Gasteiger charge is -2.23. The number of benzene rings is 1. The van der Waals surface area contributed by atoms with E-state index in [1.165, 1.54) is 25.3 Å². The topological polar surface area (TPSA) is 62.7 Å². The number of halogens is 1. The molecule has 1 aromatic carbocycles. The van der Waals surface area contributed by atoms with E-state index in [1.54, 1.807) is 24.4 Å². The summed E-state index contributed by atoms with van der Waals surface area (Å²) in [6.07, 6.45) is 7.70. The molecule has 1 aliphatic rings. The van der Waals surface area contributed by atoms with Crippen LogP contribution in [0.2, 0.25) is 0 Å². The Morgan fingerprint density at radius 2 is 1.90 bits per heavy atom. The summed E-state index contributed by atoms with van der Waals surface area (Å²) in [6.45, 7) is 0. The molecular weight excluding hydrogens is 269 g/mol. The van der Waals surface area contributed by atoms with Crippen LogP contribution >= 0.6 is 0 Å². The maximum atomic E-state index is 13.6. The fourth-order valence-corrected chi connectivity index (χ4v) is 2.57. The minimum absolute atomic E-state index is 0.293. The third-order valence-electron chi connectivity index (χ3n) is 3.64. The van der Waals surface area contributed by atoms with Crippen molar-refractivity contribution in [2.75, 3.05) is 10.6 Å². The Morgan fingerprint density at radius 3 is 2.71 bits per heavy atom. The van der Waals surface area contributed by atoms with Crippen LogP contribution in [0.25, 0.3) is 0 Å². The van der Waals surface area contributed by atoms with E-state index in [9.17, 15) is 4.39 Å². The van der Waals surface area contributed by atoms with Crippen molar-refractivity contribution in [3.05, 3.63) is 36.3 Å². The van der Waals surface area contributed by atoms with E-state index in [2.05, 4.69) is 25.8 Å². The van der Waals surface area contributed by atoms with Crippen LogP contribution in [0.1, 0.15) is 32.1 Å². The smallest absolute Gasteiger partial charge is 0.249 e. The number of nitrogens with one attached hydrogen (secondary N) is 2. The molecule has 21 heavy (non-hydrogen) atoms. The molecule has 1 heterocycles. The Kier molecular flexibility index (Phi) is 4.23. The highest BCUT2D eigenvalue weighted by Crippen LogP contribution is 2.21. The summed E-state index contributed by atoms with van der Waals surface area (Å²) in [5.74, 6) is 0.628. The van der Waals surface area contributed by atoms with Gasteiger partial charge in [0.1, 0.15) is 5.82 Å². The van der Waals surface area contributed by atoms with Crippen LogP contribution in [0.15, 0.2) is 30.5 Å². The zero-order valence-electron chi connectivity index (χ0n) is 11.7. The second-order valence-corrected chi connectivity index (χ2v) is 5.25. The molecule has 0 atom stereocenters. The molecule has 3 rings (SSSR count). The summed E-state index contributed by atoms with van der Waals surface area (Å²) in [4.78, 5) is 4.34. The monoisotopic (exact) mass is 287 g/mol. The molecule has 1 fully saturated rings. The van der Waals surface area contributed by atoms with Gasteiger partial charge in [-0.2, -0.15) is 10.1 Å². The molecular formula is C15H18FN5. The summed E-state index contributed by atoms with van der Waals surface area (Å²) in [7, 11) is 0. The van der Waals surface area contributed by atoms with Crippen LogP contribution in [0.5, 0.6) is 0 Å². The van der Waals surface area contributed by atoms with Gasteiger partial charge in [-0.25, -0.2) is 4.39 Å². The summed E-state index contributed by atoms with van der Waals surface area (Å²) < 4.78 is 13.6. The van der Waals surface area contributed by atoms with Gasteiger partial charge >= 0.3 is 0 Å². The maximum absolute atomic E-state index is 13.6. The van der Waals surface area contributed by atoms with Crippen LogP contribution in [0.4, 0.5) is 21.8 Å². The van der Waals surface area contributed by atoms with Gasteiger partial charge in [-0.15, -0.1) is 5.10 Å². The lowest BCUT2D eigenvalue weighted by atomic mass is 9.96. The minimum Gasteiger partial charge on any atom is -0.366 e. The lowest BCUT2D eigenvalue weighted by Crippen LogP contribution is -2.23. The average Bonchev–Trinajstić information content (AvgIpc) is 2.51. The third-order valence-corrected chi connectivity index (χ3v) is 3.64. The molecule has 2 N–H and O–H groups in total. The molecule has 0 bridgehead atoms. The van der Waals surface area contributed by atoms with Crippen LogP contribution in [0, 0.1) is 5.82 Å². The quantitative estimate of drug-likeness (QED) is 0.901. The second kappa shape index (κ2) is 6.47. The third kappa shape index (κ3) is 3.65. The molecule has 0 unspecified atom stereocenters. The van der Waals surface area contributed by atoms with Crippen LogP contribution in [-0.4, -0.2) is 21.2 Å². The van der Waals surface area contributed by atoms with Crippen molar-refractivity contribution in [2.45, 2.75) is 38.1 Å². The summed E-state index contributed by atoms with van der Waals surface area (Å²) in [5, 5.41) is 14.0. The molecule has 0 saturated heterocycles. The fourth-order valence-electron chi connectivity index (χ4n) is 2.57. The lowest BCUT2D eigenvalue weighted by molar-refractivity contribution is 0.461. The fraction of sp³-hybridized carbons (Fsp3) is 0.400. The van der Waals surface area contributed by atoms with Gasteiger partial charge in [-0.1, -0.05) is 31.4 Å². The molecule has 0 spiro atoms. The van der Waals surface area contributed by atoms with Gasteiger partial charge in [-0.05, 0) is 25.0 Å². The van der Waals surface area contributed by atoms with E-state index in [-0.39, 0.29) is 5.82 Å². The summed E-state index contributed by atoms with van der Waals surface area (Å²) >= 11 is 0. The summed E-state index contributed by atoms with van der Waals surface area (Å²) in [6, 6.07) is 6.86. The zero-order valence-corrected chi connectivity index (χ0v) is 11.7. The van der Waals surface area contributed by atoms with E-state index in [0.29, 0.717) is 23.5 Å². The van der Waals surface area contributed by atoms with E-state index in [1.807, 2.05) is 0 Å². The van der Waals surface area contributed by atoms with Gasteiger partial charge in [0.15, 0.2) is 5.82 Å². The molecule has 1 saturated carbocycles. The van der Waals surface area contributed by atoms with Gasteiger partial charge in [-0.3, -0.25) is 0 Å². The molecule has 110 valence electrons. The molecule has 1 aromatic heterocycles. The largest absolute Gasteiger partial charge is 0.366 e. The number of anilines is 3. The van der Waals surface area contributed by atoms with Gasteiger partial charge in [0.25, 0.3) is 0 Å². The summed E-state index contributed by atoms with van der Waals surface area (Å²) in [5.41, 5.74) is 0.342. The highest BCUT2D eigenvalue weighted by atomic mass is 19.1. The van der Waals surface area contributed by atoms with Gasteiger partial charge in [0.05, 0.1) is 11.9 Å². The first-order valence-corrected chi connectivity index (χ1v) is 7.29. The average molecular weight is 287 g/mol. The number of hydrogen-bond acceptors (Lipinski definition) is 5. The van der Waals surface area contributed by atoms with Crippen molar-refractivity contribution in [3.63, 3.8) is 0 Å². The highest BCUT2D eigenvalue weighted by molar-refractivity contribution is 5.54. The van der Waals surface area contributed by atoms with Gasteiger partial charge < -0.3 is 10.6 Å². The standard InChI is InChI=1S/C15H18FN5/c16-12-8-4-5-9-13(12)19-15-20-14(10-17-21-15)18-11-6-2-1-3-7-11/h4-5,8-11H,1-3,6-7H2,(H2,18,19,20,21). The zero-order chi connectivity index (χ0) is 14.5. The second-order valence-electron chi connectivity index (χ2n) is 5.25. The number of aromatic nitrogens is 3. The molecule has 0 radical (unpaired) electrons. The van der Waals surface area contributed by atoms with Crippen molar-refractivity contribution in [3.8, 4) is 0 Å². The Morgan fingerprint density at radius 1 is 1.10 bits per heavy atom. The Balaban J connectivity index is 1.69. The SMILES string of the molecule is Fc1ccccc1Nc1nncc(NC2CCCCC2)n1. The number of nitrogens with zero attached hydrogens (tertiary/aromatic N) is 3. The Labute approximate surface area is 123 Å². The first-order valence-electron chi connectivity index (χ1n) is 7.29. The predicted molar refractivity (Wildman–Crippen MR) is 80.0 cm³/mol. The number of para-hydroxylation sites is 1.